The Morgan fingerprint density at radius 2 is 1.54 bits per heavy atom. The minimum atomic E-state index is 0.585. The van der Waals surface area contributed by atoms with E-state index in [0.717, 1.165) is 29.9 Å². The van der Waals surface area contributed by atoms with Gasteiger partial charge in [0.05, 0.1) is 5.69 Å². The van der Waals surface area contributed by atoms with Crippen molar-refractivity contribution in [3.05, 3.63) is 102 Å². The number of rotatable bonds is 5. The van der Waals surface area contributed by atoms with Crippen LogP contribution in [0.2, 0.25) is 0 Å². The van der Waals surface area contributed by atoms with Crippen LogP contribution in [0.15, 0.2) is 91.1 Å². The molecule has 0 aliphatic carbocycles. The quantitative estimate of drug-likeness (QED) is 0.425. The zero-order valence-electron chi connectivity index (χ0n) is 15.4. The van der Waals surface area contributed by atoms with Crippen molar-refractivity contribution >= 4 is 39.5 Å². The van der Waals surface area contributed by atoms with Crippen LogP contribution in [-0.4, -0.2) is 10.1 Å². The summed E-state index contributed by atoms with van der Waals surface area (Å²) in [5.41, 5.74) is 4.34. The molecule has 4 aromatic rings. The highest BCUT2D eigenvalue weighted by molar-refractivity contribution is 7.80. The number of thiocarbonyl (C=S) groups is 1. The van der Waals surface area contributed by atoms with Gasteiger partial charge in [0.2, 0.25) is 0 Å². The first-order valence-corrected chi connectivity index (χ1v) is 9.74. The van der Waals surface area contributed by atoms with Gasteiger partial charge in [0.25, 0.3) is 0 Å². The number of hydrogen-bond donors (Lipinski definition) is 2. The number of pyridine rings is 1. The molecule has 0 aliphatic rings. The molecule has 0 radical (unpaired) electrons. The first kappa shape index (κ1) is 18.1. The number of para-hydroxylation sites is 1. The summed E-state index contributed by atoms with van der Waals surface area (Å²) < 4.78 is 0. The van der Waals surface area contributed by atoms with Crippen LogP contribution in [0, 0.1) is 0 Å². The van der Waals surface area contributed by atoms with E-state index < -0.39 is 0 Å². The Labute approximate surface area is 170 Å². The minimum Gasteiger partial charge on any atom is -0.332 e. The lowest BCUT2D eigenvalue weighted by molar-refractivity contribution is 0.917. The Bertz CT molecular complexity index is 1080. The van der Waals surface area contributed by atoms with Crippen LogP contribution in [0.1, 0.15) is 11.3 Å². The second-order valence-corrected chi connectivity index (χ2v) is 7.00. The maximum Gasteiger partial charge on any atom is 0.175 e. The number of aromatic nitrogens is 1. The summed E-state index contributed by atoms with van der Waals surface area (Å²) in [5.74, 6) is 0. The third kappa shape index (κ3) is 4.35. The van der Waals surface area contributed by atoms with Gasteiger partial charge in [-0.1, -0.05) is 60.7 Å². The Balaban J connectivity index is 1.61. The first-order chi connectivity index (χ1) is 13.8. The van der Waals surface area contributed by atoms with Gasteiger partial charge in [-0.25, -0.2) is 0 Å². The van der Waals surface area contributed by atoms with E-state index in [0.29, 0.717) is 5.11 Å². The van der Waals surface area contributed by atoms with E-state index in [4.69, 9.17) is 12.2 Å². The highest BCUT2D eigenvalue weighted by Gasteiger charge is 2.10. The lowest BCUT2D eigenvalue weighted by Crippen LogP contribution is -2.20. The average molecular weight is 384 g/mol. The van der Waals surface area contributed by atoms with E-state index in [9.17, 15) is 0 Å². The molecule has 4 rings (SSSR count). The fraction of sp³-hybridized carbons (Fsp3) is 0.0833. The summed E-state index contributed by atoms with van der Waals surface area (Å²) in [5, 5.41) is 9.64. The first-order valence-electron chi connectivity index (χ1n) is 9.33. The molecule has 138 valence electrons. The summed E-state index contributed by atoms with van der Waals surface area (Å²) >= 11 is 5.58. The summed E-state index contributed by atoms with van der Waals surface area (Å²) in [7, 11) is 0. The molecule has 1 aromatic heterocycles. The van der Waals surface area contributed by atoms with Crippen LogP contribution in [0.4, 0.5) is 11.4 Å². The smallest absolute Gasteiger partial charge is 0.175 e. The van der Waals surface area contributed by atoms with Gasteiger partial charge >= 0.3 is 0 Å². The molecule has 1 heterocycles. The van der Waals surface area contributed by atoms with Crippen molar-refractivity contribution in [3.8, 4) is 0 Å². The number of hydrogen-bond acceptors (Lipinski definition) is 2. The van der Waals surface area contributed by atoms with Crippen LogP contribution in [-0.2, 0) is 12.8 Å². The van der Waals surface area contributed by atoms with E-state index in [1.54, 1.807) is 0 Å². The van der Waals surface area contributed by atoms with E-state index in [1.165, 1.54) is 16.3 Å². The molecule has 2 N–H and O–H groups in total. The van der Waals surface area contributed by atoms with Gasteiger partial charge in [0.1, 0.15) is 0 Å². The standard InChI is InChI=1S/C24H21N3S/c28-24(26-21-10-2-1-3-11-21)27-23-19(15-16-20-9-6-7-17-25-20)14-13-18-8-4-5-12-22(18)23/h1-14,17H,15-16H2,(H2,26,27,28). The third-order valence-electron chi connectivity index (χ3n) is 4.66. The summed E-state index contributed by atoms with van der Waals surface area (Å²) in [6.07, 6.45) is 3.61. The van der Waals surface area contributed by atoms with Crippen molar-refractivity contribution in [1.29, 1.82) is 0 Å². The zero-order valence-corrected chi connectivity index (χ0v) is 16.2. The highest BCUT2D eigenvalue weighted by Crippen LogP contribution is 2.29. The number of aryl methyl sites for hydroxylation is 2. The number of nitrogens with one attached hydrogen (secondary N) is 2. The molecule has 0 saturated heterocycles. The lowest BCUT2D eigenvalue weighted by Gasteiger charge is -2.17. The second kappa shape index (κ2) is 8.63. The number of fused-ring (bicyclic) bond motifs is 1. The fourth-order valence-electron chi connectivity index (χ4n) is 3.28. The maximum atomic E-state index is 5.58. The van der Waals surface area contributed by atoms with Crippen molar-refractivity contribution in [1.82, 2.24) is 4.98 Å². The molecule has 0 saturated carbocycles. The molecule has 4 heteroatoms. The number of nitrogens with zero attached hydrogens (tertiary/aromatic N) is 1. The van der Waals surface area contributed by atoms with Gasteiger partial charge in [-0.15, -0.1) is 0 Å². The zero-order chi connectivity index (χ0) is 19.2. The molecule has 0 spiro atoms. The molecule has 3 aromatic carbocycles. The highest BCUT2D eigenvalue weighted by atomic mass is 32.1. The van der Waals surface area contributed by atoms with Crippen molar-refractivity contribution in [2.75, 3.05) is 10.6 Å². The van der Waals surface area contributed by atoms with Crippen molar-refractivity contribution in [3.63, 3.8) is 0 Å². The van der Waals surface area contributed by atoms with Crippen molar-refractivity contribution in [2.24, 2.45) is 0 Å². The van der Waals surface area contributed by atoms with Crippen LogP contribution < -0.4 is 10.6 Å². The van der Waals surface area contributed by atoms with Crippen molar-refractivity contribution < 1.29 is 0 Å². The summed E-state index contributed by atoms with van der Waals surface area (Å²) in [6.45, 7) is 0. The molecule has 0 aliphatic heterocycles. The predicted octanol–water partition coefficient (Wildman–Crippen LogP) is 5.83. The molecular weight excluding hydrogens is 362 g/mol. The number of anilines is 2. The SMILES string of the molecule is S=C(Nc1ccccc1)Nc1c(CCc2ccccn2)ccc2ccccc12. The van der Waals surface area contributed by atoms with Gasteiger partial charge in [-0.05, 0) is 60.3 Å². The Morgan fingerprint density at radius 1 is 0.750 bits per heavy atom. The van der Waals surface area contributed by atoms with Crippen LogP contribution in [0.3, 0.4) is 0 Å². The Morgan fingerprint density at radius 3 is 2.36 bits per heavy atom. The average Bonchev–Trinajstić information content (AvgIpc) is 2.74. The van der Waals surface area contributed by atoms with Crippen LogP contribution >= 0.6 is 12.2 Å². The van der Waals surface area contributed by atoms with Gasteiger partial charge < -0.3 is 10.6 Å². The monoisotopic (exact) mass is 383 g/mol. The van der Waals surface area contributed by atoms with E-state index in [1.807, 2.05) is 48.7 Å². The third-order valence-corrected chi connectivity index (χ3v) is 4.87. The maximum absolute atomic E-state index is 5.58. The van der Waals surface area contributed by atoms with Gasteiger partial charge in [-0.2, -0.15) is 0 Å². The molecule has 28 heavy (non-hydrogen) atoms. The topological polar surface area (TPSA) is 37.0 Å². The summed E-state index contributed by atoms with van der Waals surface area (Å²) in [6, 6.07) is 28.7. The largest absolute Gasteiger partial charge is 0.332 e. The molecule has 0 unspecified atom stereocenters. The fourth-order valence-corrected chi connectivity index (χ4v) is 3.50. The predicted molar refractivity (Wildman–Crippen MR) is 122 cm³/mol. The van der Waals surface area contributed by atoms with Crippen LogP contribution in [0.25, 0.3) is 10.8 Å². The number of benzene rings is 3. The van der Waals surface area contributed by atoms with E-state index >= 15 is 0 Å². The van der Waals surface area contributed by atoms with Crippen LogP contribution in [0.5, 0.6) is 0 Å². The van der Waals surface area contributed by atoms with E-state index in [-0.39, 0.29) is 0 Å². The van der Waals surface area contributed by atoms with E-state index in [2.05, 4.69) is 58.1 Å². The molecule has 0 amide bonds. The Kier molecular flexibility index (Phi) is 5.59. The van der Waals surface area contributed by atoms with Crippen molar-refractivity contribution in [2.45, 2.75) is 12.8 Å². The van der Waals surface area contributed by atoms with Gasteiger partial charge in [0, 0.05) is 23.0 Å². The molecule has 0 bridgehead atoms. The lowest BCUT2D eigenvalue weighted by atomic mass is 10.00. The molecular formula is C24H21N3S. The normalized spacial score (nSPS) is 10.6. The van der Waals surface area contributed by atoms with Gasteiger partial charge in [-0.3, -0.25) is 4.98 Å². The molecule has 0 atom stereocenters. The molecule has 0 fully saturated rings. The molecule has 3 nitrogen and oxygen atoms in total. The minimum absolute atomic E-state index is 0.585. The summed E-state index contributed by atoms with van der Waals surface area (Å²) in [4.78, 5) is 4.44. The second-order valence-electron chi connectivity index (χ2n) is 6.59. The van der Waals surface area contributed by atoms with Gasteiger partial charge in [0.15, 0.2) is 5.11 Å². The Hall–Kier alpha value is -3.24.